The van der Waals surface area contributed by atoms with Crippen molar-refractivity contribution >= 4 is 43.3 Å². The van der Waals surface area contributed by atoms with Gasteiger partial charge in [0.05, 0.1) is 12.8 Å². The Morgan fingerprint density at radius 1 is 1.12 bits per heavy atom. The van der Waals surface area contributed by atoms with Crippen molar-refractivity contribution in [3.8, 4) is 16.5 Å². The van der Waals surface area contributed by atoms with Gasteiger partial charge in [0.25, 0.3) is 10.0 Å². The van der Waals surface area contributed by atoms with Crippen LogP contribution in [0.4, 0.5) is 20.4 Å². The van der Waals surface area contributed by atoms with E-state index in [9.17, 15) is 17.2 Å². The van der Waals surface area contributed by atoms with Gasteiger partial charge in [0, 0.05) is 24.9 Å². The highest BCUT2D eigenvalue weighted by molar-refractivity contribution is 7.92. The third-order valence-electron chi connectivity index (χ3n) is 4.38. The van der Waals surface area contributed by atoms with Gasteiger partial charge in [-0.05, 0) is 25.1 Å². The molecule has 2 N–H and O–H groups in total. The van der Waals surface area contributed by atoms with E-state index in [-0.39, 0.29) is 11.6 Å². The zero-order chi connectivity index (χ0) is 23.0. The number of pyridine rings is 1. The number of benzene rings is 1. The largest absolute Gasteiger partial charge is 0.480 e. The summed E-state index contributed by atoms with van der Waals surface area (Å²) in [7, 11) is -1.37. The summed E-state index contributed by atoms with van der Waals surface area (Å²) in [4.78, 5) is 17.3. The van der Waals surface area contributed by atoms with Crippen LogP contribution in [-0.2, 0) is 10.0 Å². The quantitative estimate of drug-likeness (QED) is 0.432. The molecule has 0 radical (unpaired) electrons. The van der Waals surface area contributed by atoms with Gasteiger partial charge in [-0.25, -0.2) is 37.1 Å². The molecule has 3 heterocycles. The number of fused-ring (bicyclic) bond motifs is 1. The molecule has 0 fully saturated rings. The Kier molecular flexibility index (Phi) is 5.60. The van der Waals surface area contributed by atoms with Gasteiger partial charge in [-0.1, -0.05) is 11.3 Å². The minimum absolute atomic E-state index is 0.0330. The van der Waals surface area contributed by atoms with E-state index in [1.54, 1.807) is 14.0 Å². The Bertz CT molecular complexity index is 1440. The molecule has 9 nitrogen and oxygen atoms in total. The monoisotopic (exact) mass is 478 g/mol. The van der Waals surface area contributed by atoms with Crippen molar-refractivity contribution in [2.75, 3.05) is 24.2 Å². The van der Waals surface area contributed by atoms with Gasteiger partial charge in [0.1, 0.15) is 37.6 Å². The Hall–Kier alpha value is -3.45. The lowest BCUT2D eigenvalue weighted by Crippen LogP contribution is -2.15. The van der Waals surface area contributed by atoms with E-state index >= 15 is 0 Å². The normalized spacial score (nSPS) is 11.5. The fraction of sp³-hybridized carbons (Fsp3) is 0.158. The number of methoxy groups -OCH3 is 1. The van der Waals surface area contributed by atoms with Crippen LogP contribution in [0.25, 0.3) is 20.9 Å². The van der Waals surface area contributed by atoms with Crippen molar-refractivity contribution in [3.63, 3.8) is 0 Å². The zero-order valence-electron chi connectivity index (χ0n) is 17.0. The summed E-state index contributed by atoms with van der Waals surface area (Å²) in [6.07, 6.45) is 1.47. The van der Waals surface area contributed by atoms with Crippen LogP contribution in [0.1, 0.15) is 5.69 Å². The summed E-state index contributed by atoms with van der Waals surface area (Å²) >= 11 is 1.27. The molecular formula is C19H16F2N6O3S2. The molecule has 0 saturated carbocycles. The van der Waals surface area contributed by atoms with Crippen molar-refractivity contribution in [2.24, 2.45) is 0 Å². The Balaban J connectivity index is 1.76. The minimum Gasteiger partial charge on any atom is -0.480 e. The molecule has 0 saturated heterocycles. The fourth-order valence-corrected chi connectivity index (χ4v) is 4.97. The molecule has 166 valence electrons. The van der Waals surface area contributed by atoms with Crippen molar-refractivity contribution < 1.29 is 21.9 Å². The van der Waals surface area contributed by atoms with Crippen LogP contribution in [0.2, 0.25) is 0 Å². The topological polar surface area (TPSA) is 119 Å². The third-order valence-corrected chi connectivity index (χ3v) is 6.77. The van der Waals surface area contributed by atoms with Gasteiger partial charge in [-0.3, -0.25) is 4.72 Å². The van der Waals surface area contributed by atoms with Gasteiger partial charge in [0.15, 0.2) is 0 Å². The number of nitrogens with zero attached hydrogens (tertiary/aromatic N) is 4. The Morgan fingerprint density at radius 3 is 2.59 bits per heavy atom. The van der Waals surface area contributed by atoms with Crippen molar-refractivity contribution in [3.05, 3.63) is 47.8 Å². The second-order valence-corrected chi connectivity index (χ2v) is 9.14. The number of aromatic nitrogens is 4. The summed E-state index contributed by atoms with van der Waals surface area (Å²) in [6.45, 7) is 1.80. The summed E-state index contributed by atoms with van der Waals surface area (Å²) in [5, 5.41) is 3.40. The lowest BCUT2D eigenvalue weighted by molar-refractivity contribution is 0.400. The Morgan fingerprint density at radius 2 is 1.91 bits per heavy atom. The summed E-state index contributed by atoms with van der Waals surface area (Å²) in [5.41, 5.74) is 1.73. The number of sulfonamides is 1. The van der Waals surface area contributed by atoms with E-state index in [1.807, 2.05) is 0 Å². The van der Waals surface area contributed by atoms with Crippen LogP contribution < -0.4 is 14.8 Å². The van der Waals surface area contributed by atoms with E-state index in [0.29, 0.717) is 38.6 Å². The second-order valence-electron chi connectivity index (χ2n) is 6.52. The van der Waals surface area contributed by atoms with Crippen LogP contribution in [0, 0.1) is 18.6 Å². The molecule has 4 rings (SSSR count). The van der Waals surface area contributed by atoms with Crippen molar-refractivity contribution in [1.29, 1.82) is 0 Å². The van der Waals surface area contributed by atoms with Gasteiger partial charge in [-0.2, -0.15) is 0 Å². The Labute approximate surface area is 185 Å². The van der Waals surface area contributed by atoms with Gasteiger partial charge < -0.3 is 10.1 Å². The van der Waals surface area contributed by atoms with E-state index in [0.717, 1.165) is 12.1 Å². The third kappa shape index (κ3) is 4.03. The highest BCUT2D eigenvalue weighted by Crippen LogP contribution is 2.34. The highest BCUT2D eigenvalue weighted by Gasteiger charge is 2.23. The number of hydrogen-bond acceptors (Lipinski definition) is 9. The minimum atomic E-state index is -4.39. The number of rotatable bonds is 6. The average Bonchev–Trinajstić information content (AvgIpc) is 3.18. The molecule has 0 aliphatic rings. The first kappa shape index (κ1) is 21.8. The molecule has 32 heavy (non-hydrogen) atoms. The zero-order valence-corrected chi connectivity index (χ0v) is 18.6. The molecule has 0 aliphatic heterocycles. The molecule has 1 aromatic carbocycles. The molecule has 4 aromatic rings. The number of ether oxygens (including phenoxy) is 1. The fourth-order valence-electron chi connectivity index (χ4n) is 2.89. The molecule has 0 bridgehead atoms. The molecular weight excluding hydrogens is 462 g/mol. The molecule has 0 atom stereocenters. The number of aryl methyl sites for hydroxylation is 1. The van der Waals surface area contributed by atoms with Crippen LogP contribution in [-0.4, -0.2) is 42.5 Å². The maximum Gasteiger partial charge on any atom is 0.264 e. The van der Waals surface area contributed by atoms with E-state index < -0.39 is 26.6 Å². The number of halogens is 2. The first-order chi connectivity index (χ1) is 15.2. The predicted octanol–water partition coefficient (Wildman–Crippen LogP) is 3.59. The van der Waals surface area contributed by atoms with E-state index in [4.69, 9.17) is 4.74 Å². The van der Waals surface area contributed by atoms with Crippen molar-refractivity contribution in [2.45, 2.75) is 11.8 Å². The average molecular weight is 479 g/mol. The van der Waals surface area contributed by atoms with Crippen LogP contribution in [0.15, 0.2) is 35.4 Å². The maximum absolute atomic E-state index is 14.1. The lowest BCUT2D eigenvalue weighted by atomic mass is 10.2. The number of hydrogen-bond donors (Lipinski definition) is 2. The number of nitrogens with one attached hydrogen (secondary N) is 2. The lowest BCUT2D eigenvalue weighted by Gasteiger charge is -2.12. The van der Waals surface area contributed by atoms with E-state index in [2.05, 4.69) is 30.0 Å². The van der Waals surface area contributed by atoms with Gasteiger partial charge in [-0.15, -0.1) is 0 Å². The van der Waals surface area contributed by atoms with Gasteiger partial charge in [0.2, 0.25) is 11.8 Å². The molecule has 0 aliphatic carbocycles. The first-order valence-corrected chi connectivity index (χ1v) is 11.4. The number of thiazole rings is 1. The number of anilines is 2. The first-order valence-electron chi connectivity index (χ1n) is 9.07. The molecule has 0 unspecified atom stereocenters. The van der Waals surface area contributed by atoms with Crippen molar-refractivity contribution in [1.82, 2.24) is 19.9 Å². The smallest absolute Gasteiger partial charge is 0.264 e. The van der Waals surface area contributed by atoms with Crippen LogP contribution >= 0.6 is 11.3 Å². The summed E-state index contributed by atoms with van der Waals surface area (Å²) in [6, 6.07) is 3.65. The van der Waals surface area contributed by atoms with Gasteiger partial charge >= 0.3 is 0 Å². The van der Waals surface area contributed by atoms with Crippen LogP contribution in [0.3, 0.4) is 0 Å². The summed E-state index contributed by atoms with van der Waals surface area (Å²) < 4.78 is 60.0. The standard InChI is InChI=1S/C19H16F2N6O3S2/c1-9-15-18(26-19(22-2)24-9)31-17(25-15)10-6-13(16(30-3)23-8-10)27-32(28,29)14-5-4-11(20)7-12(14)21/h4-8,27H,1-3H3,(H,22,24,26). The van der Waals surface area contributed by atoms with E-state index in [1.165, 1.54) is 30.7 Å². The molecule has 0 spiro atoms. The maximum atomic E-state index is 14.1. The second kappa shape index (κ2) is 8.24. The SMILES string of the molecule is CNc1nc(C)c2nc(-c3cnc(OC)c(NS(=O)(=O)c4ccc(F)cc4F)c3)sc2n1. The summed E-state index contributed by atoms with van der Waals surface area (Å²) in [5.74, 6) is -1.69. The predicted molar refractivity (Wildman–Crippen MR) is 116 cm³/mol. The molecule has 0 amide bonds. The molecule has 3 aromatic heterocycles. The highest BCUT2D eigenvalue weighted by atomic mass is 32.2. The molecule has 13 heteroatoms. The van der Waals surface area contributed by atoms with Crippen LogP contribution in [0.5, 0.6) is 5.88 Å².